The Kier molecular flexibility index (Phi) is 5.08. The van der Waals surface area contributed by atoms with E-state index in [1.54, 1.807) is 48.5 Å². The van der Waals surface area contributed by atoms with Crippen molar-refractivity contribution >= 4 is 22.8 Å². The van der Waals surface area contributed by atoms with Crippen molar-refractivity contribution in [3.8, 4) is 11.5 Å². The minimum atomic E-state index is 0.211. The van der Waals surface area contributed by atoms with Crippen LogP contribution in [0.5, 0.6) is 11.5 Å². The van der Waals surface area contributed by atoms with E-state index in [9.17, 15) is 10.2 Å². The second-order valence-electron chi connectivity index (χ2n) is 5.84. The van der Waals surface area contributed by atoms with Gasteiger partial charge in [0.2, 0.25) is 0 Å². The number of aromatic nitrogens is 1. The lowest BCUT2D eigenvalue weighted by molar-refractivity contribution is 0.475. The molecule has 0 aliphatic rings. The Labute approximate surface area is 152 Å². The van der Waals surface area contributed by atoms with Gasteiger partial charge in [-0.15, -0.1) is 0 Å². The van der Waals surface area contributed by atoms with Gasteiger partial charge in [-0.2, -0.15) is 0 Å². The Morgan fingerprint density at radius 1 is 0.654 bits per heavy atom. The lowest BCUT2D eigenvalue weighted by atomic mass is 10.2. The van der Waals surface area contributed by atoms with E-state index >= 15 is 0 Å². The van der Waals surface area contributed by atoms with E-state index in [4.69, 9.17) is 0 Å². The van der Waals surface area contributed by atoms with Gasteiger partial charge in [-0.1, -0.05) is 6.07 Å². The predicted molar refractivity (Wildman–Crippen MR) is 104 cm³/mol. The van der Waals surface area contributed by atoms with E-state index < -0.39 is 0 Å². The highest BCUT2D eigenvalue weighted by Gasteiger charge is 2.05. The molecule has 26 heavy (non-hydrogen) atoms. The van der Waals surface area contributed by atoms with Gasteiger partial charge >= 0.3 is 0 Å². The molecule has 0 aliphatic carbocycles. The van der Waals surface area contributed by atoms with E-state index in [-0.39, 0.29) is 11.5 Å². The third-order valence-electron chi connectivity index (χ3n) is 3.78. The molecule has 0 unspecified atom stereocenters. The van der Waals surface area contributed by atoms with Gasteiger partial charge in [-0.25, -0.2) is 4.98 Å². The molecule has 0 fully saturated rings. The summed E-state index contributed by atoms with van der Waals surface area (Å²) in [7, 11) is 0. The predicted octanol–water partition coefficient (Wildman–Crippen LogP) is 4.77. The Hall–Kier alpha value is -3.47. The fourth-order valence-corrected chi connectivity index (χ4v) is 2.39. The number of rotatable bonds is 4. The second kappa shape index (κ2) is 7.61. The second-order valence-corrected chi connectivity index (χ2v) is 5.84. The molecular weight excluding hydrogens is 326 g/mol. The molecule has 2 aromatic carbocycles. The average molecular weight is 345 g/mol. The fraction of sp³-hybridized carbons (Fsp3) is 0.0952. The van der Waals surface area contributed by atoms with Crippen LogP contribution >= 0.6 is 0 Å². The molecule has 0 spiro atoms. The van der Waals surface area contributed by atoms with Crippen LogP contribution in [0.15, 0.2) is 76.7 Å². The van der Waals surface area contributed by atoms with Crippen molar-refractivity contribution in [3.63, 3.8) is 0 Å². The van der Waals surface area contributed by atoms with Crippen molar-refractivity contribution in [1.82, 2.24) is 4.98 Å². The summed E-state index contributed by atoms with van der Waals surface area (Å²) >= 11 is 0. The normalized spacial score (nSPS) is 12.2. The lowest BCUT2D eigenvalue weighted by Gasteiger charge is -2.05. The first-order valence-electron chi connectivity index (χ1n) is 8.18. The molecule has 5 heteroatoms. The topological polar surface area (TPSA) is 78.1 Å². The summed E-state index contributed by atoms with van der Waals surface area (Å²) in [6.45, 7) is 3.79. The molecule has 0 atom stereocenters. The number of phenolic OH excluding ortho intramolecular Hbond substituents is 2. The molecule has 5 nitrogen and oxygen atoms in total. The number of pyridine rings is 1. The van der Waals surface area contributed by atoms with E-state index in [0.717, 1.165) is 34.2 Å². The largest absolute Gasteiger partial charge is 0.508 e. The number of benzene rings is 2. The number of aliphatic imine (C=N–C) groups is 2. The highest BCUT2D eigenvalue weighted by Crippen LogP contribution is 2.19. The first-order valence-corrected chi connectivity index (χ1v) is 8.18. The number of hydrogen-bond donors (Lipinski definition) is 2. The third kappa shape index (κ3) is 4.33. The molecule has 1 heterocycles. The van der Waals surface area contributed by atoms with Gasteiger partial charge in [0.1, 0.15) is 11.5 Å². The van der Waals surface area contributed by atoms with Crippen LogP contribution in [0.1, 0.15) is 25.2 Å². The zero-order valence-corrected chi connectivity index (χ0v) is 14.6. The van der Waals surface area contributed by atoms with Crippen LogP contribution < -0.4 is 0 Å². The van der Waals surface area contributed by atoms with Gasteiger partial charge in [-0.05, 0) is 74.5 Å². The van der Waals surface area contributed by atoms with Gasteiger partial charge < -0.3 is 10.2 Å². The van der Waals surface area contributed by atoms with Crippen LogP contribution in [-0.4, -0.2) is 26.6 Å². The zero-order valence-electron chi connectivity index (χ0n) is 14.6. The SMILES string of the molecule is CC(=Nc1ccc(O)cc1)c1cccc(C(C)=Nc2ccc(O)cc2)n1. The summed E-state index contributed by atoms with van der Waals surface area (Å²) in [4.78, 5) is 13.7. The Balaban J connectivity index is 1.87. The van der Waals surface area contributed by atoms with E-state index in [2.05, 4.69) is 15.0 Å². The molecule has 0 aliphatic heterocycles. The third-order valence-corrected chi connectivity index (χ3v) is 3.78. The minimum Gasteiger partial charge on any atom is -0.508 e. The Morgan fingerprint density at radius 2 is 1.04 bits per heavy atom. The maximum Gasteiger partial charge on any atom is 0.115 e. The highest BCUT2D eigenvalue weighted by atomic mass is 16.3. The molecular formula is C21H19N3O2. The zero-order chi connectivity index (χ0) is 18.5. The molecule has 3 rings (SSSR count). The first kappa shape index (κ1) is 17.4. The van der Waals surface area contributed by atoms with Crippen LogP contribution in [0.25, 0.3) is 0 Å². The molecule has 130 valence electrons. The number of aromatic hydroxyl groups is 2. The van der Waals surface area contributed by atoms with Gasteiger partial charge in [0.15, 0.2) is 0 Å². The molecule has 0 saturated carbocycles. The molecule has 3 aromatic rings. The van der Waals surface area contributed by atoms with Crippen molar-refractivity contribution < 1.29 is 10.2 Å². The minimum absolute atomic E-state index is 0.211. The average Bonchev–Trinajstić information content (AvgIpc) is 2.65. The summed E-state index contributed by atoms with van der Waals surface area (Å²) in [5.74, 6) is 0.422. The highest BCUT2D eigenvalue weighted by molar-refractivity contribution is 6.02. The summed E-state index contributed by atoms with van der Waals surface area (Å²) < 4.78 is 0. The first-order chi connectivity index (χ1) is 12.5. The maximum absolute atomic E-state index is 9.35. The van der Waals surface area contributed by atoms with E-state index in [0.29, 0.717) is 0 Å². The Morgan fingerprint density at radius 3 is 1.42 bits per heavy atom. The van der Waals surface area contributed by atoms with Crippen molar-refractivity contribution in [1.29, 1.82) is 0 Å². The monoisotopic (exact) mass is 345 g/mol. The van der Waals surface area contributed by atoms with Gasteiger partial charge in [0.05, 0.1) is 34.2 Å². The fourth-order valence-electron chi connectivity index (χ4n) is 2.39. The van der Waals surface area contributed by atoms with Gasteiger partial charge in [0, 0.05) is 0 Å². The number of phenols is 2. The maximum atomic E-state index is 9.35. The summed E-state index contributed by atoms with van der Waals surface area (Å²) in [5, 5.41) is 18.7. The number of hydrogen-bond acceptors (Lipinski definition) is 5. The molecule has 0 saturated heterocycles. The van der Waals surface area contributed by atoms with Crippen LogP contribution in [-0.2, 0) is 0 Å². The van der Waals surface area contributed by atoms with Crippen LogP contribution in [0, 0.1) is 0 Å². The summed E-state index contributed by atoms with van der Waals surface area (Å²) in [5.41, 5.74) is 4.57. The van der Waals surface area contributed by atoms with Crippen LogP contribution in [0.2, 0.25) is 0 Å². The molecule has 0 amide bonds. The number of nitrogens with zero attached hydrogens (tertiary/aromatic N) is 3. The van der Waals surface area contributed by atoms with Crippen molar-refractivity contribution in [2.24, 2.45) is 9.98 Å². The molecule has 0 radical (unpaired) electrons. The smallest absolute Gasteiger partial charge is 0.115 e. The van der Waals surface area contributed by atoms with Crippen molar-refractivity contribution in [2.75, 3.05) is 0 Å². The van der Waals surface area contributed by atoms with Gasteiger partial charge in [-0.3, -0.25) is 9.98 Å². The van der Waals surface area contributed by atoms with Crippen LogP contribution in [0.3, 0.4) is 0 Å². The lowest BCUT2D eigenvalue weighted by Crippen LogP contribution is -2.04. The quantitative estimate of drug-likeness (QED) is 0.668. The van der Waals surface area contributed by atoms with Gasteiger partial charge in [0.25, 0.3) is 0 Å². The summed E-state index contributed by atoms with van der Waals surface area (Å²) in [6.07, 6.45) is 0. The van der Waals surface area contributed by atoms with Crippen molar-refractivity contribution in [2.45, 2.75) is 13.8 Å². The molecule has 1 aromatic heterocycles. The molecule has 2 N–H and O–H groups in total. The Bertz CT molecular complexity index is 883. The van der Waals surface area contributed by atoms with E-state index in [1.165, 1.54) is 0 Å². The van der Waals surface area contributed by atoms with Crippen LogP contribution in [0.4, 0.5) is 11.4 Å². The molecule has 0 bridgehead atoms. The standard InChI is InChI=1S/C21H19N3O2/c1-14(22-16-6-10-18(25)11-7-16)20-4-3-5-21(24-20)15(2)23-17-8-12-19(26)13-9-17/h3-13,25-26H,1-2H3. The van der Waals surface area contributed by atoms with Crippen molar-refractivity contribution in [3.05, 3.63) is 78.1 Å². The summed E-state index contributed by atoms with van der Waals surface area (Å²) in [6, 6.07) is 19.1. The van der Waals surface area contributed by atoms with E-state index in [1.807, 2.05) is 32.0 Å².